The largest absolute Gasteiger partial charge is 0.462 e. The first-order chi connectivity index (χ1) is 32.1. The highest BCUT2D eigenvalue weighted by Crippen LogP contribution is 2.19. The summed E-state index contributed by atoms with van der Waals surface area (Å²) in [5.41, 5.74) is 0. The molecule has 0 aliphatic heterocycles. The van der Waals surface area contributed by atoms with Crippen molar-refractivity contribution in [1.29, 1.82) is 0 Å². The smallest absolute Gasteiger partial charge is 0.306 e. The van der Waals surface area contributed by atoms with Gasteiger partial charge < -0.3 is 14.2 Å². The zero-order valence-electron chi connectivity index (χ0n) is 45.5. The molecule has 6 heteroatoms. The lowest BCUT2D eigenvalue weighted by Crippen LogP contribution is -2.30. The molecule has 0 aromatic carbocycles. The van der Waals surface area contributed by atoms with Crippen molar-refractivity contribution in [1.82, 2.24) is 0 Å². The maximum absolute atomic E-state index is 12.8. The van der Waals surface area contributed by atoms with Gasteiger partial charge in [0.1, 0.15) is 13.2 Å². The number of hydrogen-bond acceptors (Lipinski definition) is 6. The van der Waals surface area contributed by atoms with E-state index in [2.05, 4.69) is 41.5 Å². The number of rotatable bonds is 53. The van der Waals surface area contributed by atoms with Crippen molar-refractivity contribution in [2.75, 3.05) is 13.2 Å². The second-order valence-electron chi connectivity index (χ2n) is 21.8. The summed E-state index contributed by atoms with van der Waals surface area (Å²) in [5.74, 6) is 1.71. The number of esters is 3. The van der Waals surface area contributed by atoms with Crippen molar-refractivity contribution in [3.63, 3.8) is 0 Å². The highest BCUT2D eigenvalue weighted by molar-refractivity contribution is 5.71. The van der Waals surface area contributed by atoms with Crippen LogP contribution in [0.2, 0.25) is 0 Å². The fraction of sp³-hybridized carbons (Fsp3) is 0.950. The SMILES string of the molecule is CCC(C)CCCCCCCCCCCCCCCCC(=O)OC[C@H](COC(=O)CCCCCCCCCCCCCCCCCC(C)C)OC(=O)CCCCCCCCCCCC(C)C. The Labute approximate surface area is 412 Å². The van der Waals surface area contributed by atoms with Crippen molar-refractivity contribution in [3.8, 4) is 0 Å². The molecule has 0 aliphatic carbocycles. The molecular weight excluding hydrogens is 817 g/mol. The summed E-state index contributed by atoms with van der Waals surface area (Å²) >= 11 is 0. The van der Waals surface area contributed by atoms with Gasteiger partial charge in [-0.25, -0.2) is 0 Å². The Morgan fingerprint density at radius 3 is 0.788 bits per heavy atom. The van der Waals surface area contributed by atoms with E-state index < -0.39 is 6.10 Å². The summed E-state index contributed by atoms with van der Waals surface area (Å²) < 4.78 is 16.9. The van der Waals surface area contributed by atoms with E-state index in [-0.39, 0.29) is 31.1 Å². The van der Waals surface area contributed by atoms with E-state index in [4.69, 9.17) is 14.2 Å². The van der Waals surface area contributed by atoms with E-state index in [0.29, 0.717) is 19.3 Å². The Morgan fingerprint density at radius 1 is 0.303 bits per heavy atom. The van der Waals surface area contributed by atoms with E-state index in [9.17, 15) is 14.4 Å². The van der Waals surface area contributed by atoms with E-state index in [1.54, 1.807) is 0 Å². The molecule has 0 aromatic rings. The van der Waals surface area contributed by atoms with Crippen LogP contribution in [0.3, 0.4) is 0 Å². The van der Waals surface area contributed by atoms with Crippen LogP contribution >= 0.6 is 0 Å². The Bertz CT molecular complexity index is 1020. The van der Waals surface area contributed by atoms with Crippen molar-refractivity contribution in [2.45, 2.75) is 337 Å². The summed E-state index contributed by atoms with van der Waals surface area (Å²) in [4.78, 5) is 38.2. The predicted molar refractivity (Wildman–Crippen MR) is 284 cm³/mol. The van der Waals surface area contributed by atoms with Gasteiger partial charge in [0.25, 0.3) is 0 Å². The number of ether oxygens (including phenoxy) is 3. The maximum atomic E-state index is 12.8. The van der Waals surface area contributed by atoms with Crippen molar-refractivity contribution >= 4 is 17.9 Å². The monoisotopic (exact) mass is 933 g/mol. The van der Waals surface area contributed by atoms with Crippen molar-refractivity contribution < 1.29 is 28.6 Å². The number of carbonyl (C=O) groups is 3. The number of unbranched alkanes of at least 4 members (excludes halogenated alkanes) is 35. The van der Waals surface area contributed by atoms with Gasteiger partial charge in [-0.1, -0.05) is 292 Å². The zero-order chi connectivity index (χ0) is 48.4. The fourth-order valence-electron chi connectivity index (χ4n) is 9.14. The van der Waals surface area contributed by atoms with Gasteiger partial charge in [0.15, 0.2) is 6.10 Å². The Hall–Kier alpha value is -1.59. The summed E-state index contributed by atoms with van der Waals surface area (Å²) in [6, 6.07) is 0. The van der Waals surface area contributed by atoms with E-state index in [0.717, 1.165) is 75.5 Å². The number of hydrogen-bond donors (Lipinski definition) is 0. The normalized spacial score (nSPS) is 12.5. The lowest BCUT2D eigenvalue weighted by Gasteiger charge is -2.18. The molecule has 66 heavy (non-hydrogen) atoms. The molecule has 0 aromatic heterocycles. The van der Waals surface area contributed by atoms with Gasteiger partial charge in [-0.05, 0) is 37.0 Å². The molecule has 1 unspecified atom stereocenters. The lowest BCUT2D eigenvalue weighted by molar-refractivity contribution is -0.167. The molecule has 392 valence electrons. The topological polar surface area (TPSA) is 78.9 Å². The first-order valence-corrected chi connectivity index (χ1v) is 29.6. The van der Waals surface area contributed by atoms with Crippen LogP contribution in [0.1, 0.15) is 330 Å². The molecule has 0 rings (SSSR count). The number of carbonyl (C=O) groups excluding carboxylic acids is 3. The second-order valence-corrected chi connectivity index (χ2v) is 21.8. The van der Waals surface area contributed by atoms with Crippen molar-refractivity contribution in [2.24, 2.45) is 17.8 Å². The average Bonchev–Trinajstić information content (AvgIpc) is 3.29. The van der Waals surface area contributed by atoms with Gasteiger partial charge in [0.2, 0.25) is 0 Å². The third-order valence-corrected chi connectivity index (χ3v) is 14.0. The zero-order valence-corrected chi connectivity index (χ0v) is 45.5. The van der Waals surface area contributed by atoms with Crippen LogP contribution in [-0.2, 0) is 28.6 Å². The first-order valence-electron chi connectivity index (χ1n) is 29.6. The summed E-state index contributed by atoms with van der Waals surface area (Å²) in [6.45, 7) is 13.8. The average molecular weight is 934 g/mol. The predicted octanol–water partition coefficient (Wildman–Crippen LogP) is 19.5. The van der Waals surface area contributed by atoms with Crippen LogP contribution < -0.4 is 0 Å². The van der Waals surface area contributed by atoms with Gasteiger partial charge in [-0.15, -0.1) is 0 Å². The van der Waals surface area contributed by atoms with Gasteiger partial charge >= 0.3 is 17.9 Å². The van der Waals surface area contributed by atoms with Crippen LogP contribution in [0.25, 0.3) is 0 Å². The molecule has 0 fully saturated rings. The van der Waals surface area contributed by atoms with Crippen LogP contribution in [-0.4, -0.2) is 37.2 Å². The quantitative estimate of drug-likeness (QED) is 0.0343. The summed E-state index contributed by atoms with van der Waals surface area (Å²) in [5, 5.41) is 0. The van der Waals surface area contributed by atoms with Crippen LogP contribution in [0.15, 0.2) is 0 Å². The minimum Gasteiger partial charge on any atom is -0.462 e. The molecule has 0 N–H and O–H groups in total. The Morgan fingerprint density at radius 2 is 0.530 bits per heavy atom. The third kappa shape index (κ3) is 51.8. The van der Waals surface area contributed by atoms with E-state index >= 15 is 0 Å². The molecule has 0 spiro atoms. The maximum Gasteiger partial charge on any atom is 0.306 e. The van der Waals surface area contributed by atoms with Crippen LogP contribution in [0, 0.1) is 17.8 Å². The van der Waals surface area contributed by atoms with Gasteiger partial charge in [0, 0.05) is 19.3 Å². The minimum atomic E-state index is -0.764. The standard InChI is InChI=1S/C60H116O6/c1-7-56(6)48-42-36-30-24-18-14-11-12-16-20-26-32-38-44-50-59(62)65-53-57(66-60(63)51-45-39-33-27-21-23-29-35-41-47-55(4)5)52-64-58(61)49-43-37-31-25-19-15-10-8-9-13-17-22-28-34-40-46-54(2)3/h54-57H,7-53H2,1-6H3/t56?,57-/m0/s1. The minimum absolute atomic E-state index is 0.0637. The Kier molecular flexibility index (Phi) is 50.0. The molecule has 2 atom stereocenters. The lowest BCUT2D eigenvalue weighted by atomic mass is 9.99. The molecule has 0 heterocycles. The summed E-state index contributed by atoms with van der Waals surface area (Å²) in [7, 11) is 0. The van der Waals surface area contributed by atoms with Gasteiger partial charge in [0.05, 0.1) is 0 Å². The highest BCUT2D eigenvalue weighted by atomic mass is 16.6. The Balaban J connectivity index is 4.26. The highest BCUT2D eigenvalue weighted by Gasteiger charge is 2.19. The van der Waals surface area contributed by atoms with E-state index in [1.165, 1.54) is 212 Å². The third-order valence-electron chi connectivity index (χ3n) is 14.0. The molecule has 6 nitrogen and oxygen atoms in total. The molecular formula is C60H116O6. The molecule has 0 amide bonds. The van der Waals surface area contributed by atoms with Crippen LogP contribution in [0.4, 0.5) is 0 Å². The molecule has 0 radical (unpaired) electrons. The van der Waals surface area contributed by atoms with Gasteiger partial charge in [-0.2, -0.15) is 0 Å². The summed E-state index contributed by atoms with van der Waals surface area (Å²) in [6.07, 6.45) is 53.8. The second kappa shape index (κ2) is 51.3. The van der Waals surface area contributed by atoms with E-state index in [1.807, 2.05) is 0 Å². The van der Waals surface area contributed by atoms with Crippen molar-refractivity contribution in [3.05, 3.63) is 0 Å². The molecule has 0 saturated carbocycles. The molecule has 0 bridgehead atoms. The molecule has 0 saturated heterocycles. The van der Waals surface area contributed by atoms with Crippen LogP contribution in [0.5, 0.6) is 0 Å². The fourth-order valence-corrected chi connectivity index (χ4v) is 9.14. The van der Waals surface area contributed by atoms with Gasteiger partial charge in [-0.3, -0.25) is 14.4 Å². The first kappa shape index (κ1) is 64.4. The molecule has 0 aliphatic rings.